The Morgan fingerprint density at radius 2 is 1.90 bits per heavy atom. The quantitative estimate of drug-likeness (QED) is 0.335. The fourth-order valence-electron chi connectivity index (χ4n) is 4.79. The van der Waals surface area contributed by atoms with E-state index in [1.54, 1.807) is 59.8 Å². The van der Waals surface area contributed by atoms with Gasteiger partial charge in [0.25, 0.3) is 5.91 Å². The van der Waals surface area contributed by atoms with Gasteiger partial charge in [-0.05, 0) is 35.7 Å². The topological polar surface area (TPSA) is 118 Å². The molecule has 11 heteroatoms. The van der Waals surface area contributed by atoms with Crippen molar-refractivity contribution in [2.75, 3.05) is 31.6 Å². The predicted molar refractivity (Wildman–Crippen MR) is 154 cm³/mol. The second-order valence-corrected chi connectivity index (χ2v) is 10.2. The molecule has 1 saturated heterocycles. The van der Waals surface area contributed by atoms with E-state index in [0.29, 0.717) is 43.5 Å². The van der Waals surface area contributed by atoms with Crippen molar-refractivity contribution in [3.8, 4) is 11.7 Å². The van der Waals surface area contributed by atoms with Crippen LogP contribution in [0.15, 0.2) is 73.6 Å². The van der Waals surface area contributed by atoms with Gasteiger partial charge >= 0.3 is 0 Å². The van der Waals surface area contributed by atoms with Crippen LogP contribution in [0.5, 0.6) is 5.75 Å². The number of hydrogen-bond acceptors (Lipinski definition) is 8. The molecule has 4 aromatic rings. The first-order valence-corrected chi connectivity index (χ1v) is 13.6. The molecule has 1 N–H and O–H groups in total. The molecule has 1 unspecified atom stereocenters. The van der Waals surface area contributed by atoms with E-state index in [-0.39, 0.29) is 30.2 Å². The maximum atomic E-state index is 13.3. The fourth-order valence-corrected chi connectivity index (χ4v) is 4.79. The van der Waals surface area contributed by atoms with Gasteiger partial charge in [-0.25, -0.2) is 9.97 Å². The van der Waals surface area contributed by atoms with Gasteiger partial charge in [0.1, 0.15) is 17.9 Å². The van der Waals surface area contributed by atoms with E-state index in [9.17, 15) is 9.59 Å². The standard InChI is InChI=1S/C30H34N8O3/c1-21(2)26-16-27(35-30(34-26)37-12-11-32-20-37)38-14-13-36(29(40)23-5-4-10-31-18-23)19-24(38)15-28(39)33-17-22-6-8-25(41-3)9-7-22/h4-12,16,18,20-21,24H,13-15,17,19H2,1-3H3,(H,33,39). The number of carbonyl (C=O) groups is 2. The lowest BCUT2D eigenvalue weighted by molar-refractivity contribution is -0.121. The summed E-state index contributed by atoms with van der Waals surface area (Å²) < 4.78 is 6.99. The molecule has 0 spiro atoms. The monoisotopic (exact) mass is 554 g/mol. The molecule has 212 valence electrons. The molecule has 1 atom stereocenters. The Labute approximate surface area is 239 Å². The number of anilines is 1. The molecule has 0 aliphatic carbocycles. The summed E-state index contributed by atoms with van der Waals surface area (Å²) in [6, 6.07) is 12.8. The summed E-state index contributed by atoms with van der Waals surface area (Å²) in [6.07, 6.45) is 8.56. The molecule has 0 radical (unpaired) electrons. The van der Waals surface area contributed by atoms with E-state index in [1.165, 1.54) is 0 Å². The summed E-state index contributed by atoms with van der Waals surface area (Å²) >= 11 is 0. The number of imidazole rings is 1. The van der Waals surface area contributed by atoms with Crippen molar-refractivity contribution in [1.29, 1.82) is 0 Å². The van der Waals surface area contributed by atoms with Gasteiger partial charge in [-0.1, -0.05) is 26.0 Å². The van der Waals surface area contributed by atoms with Crippen LogP contribution in [0.25, 0.3) is 5.95 Å². The molecule has 1 fully saturated rings. The van der Waals surface area contributed by atoms with Crippen LogP contribution >= 0.6 is 0 Å². The third-order valence-electron chi connectivity index (χ3n) is 7.09. The highest BCUT2D eigenvalue weighted by Gasteiger charge is 2.33. The summed E-state index contributed by atoms with van der Waals surface area (Å²) in [5, 5.41) is 3.03. The Balaban J connectivity index is 1.39. The molecule has 41 heavy (non-hydrogen) atoms. The van der Waals surface area contributed by atoms with Crippen LogP contribution in [-0.4, -0.2) is 74.0 Å². The lowest BCUT2D eigenvalue weighted by Gasteiger charge is -2.42. The van der Waals surface area contributed by atoms with E-state index >= 15 is 0 Å². The Bertz CT molecular complexity index is 1460. The van der Waals surface area contributed by atoms with Gasteiger partial charge in [-0.3, -0.25) is 19.1 Å². The van der Waals surface area contributed by atoms with Crippen molar-refractivity contribution in [1.82, 2.24) is 34.7 Å². The molecule has 1 aliphatic rings. The minimum atomic E-state index is -0.300. The van der Waals surface area contributed by atoms with Crippen molar-refractivity contribution in [2.45, 2.75) is 38.8 Å². The lowest BCUT2D eigenvalue weighted by atomic mass is 10.1. The average Bonchev–Trinajstić information content (AvgIpc) is 3.55. The molecular weight excluding hydrogens is 520 g/mol. The van der Waals surface area contributed by atoms with E-state index in [4.69, 9.17) is 14.7 Å². The SMILES string of the molecule is COc1ccc(CNC(=O)CC2CN(C(=O)c3cccnc3)CCN2c2cc(C(C)C)nc(-n3ccnc3)n2)cc1. The van der Waals surface area contributed by atoms with Gasteiger partial charge in [0, 0.05) is 63.5 Å². The van der Waals surface area contributed by atoms with Crippen molar-refractivity contribution in [3.63, 3.8) is 0 Å². The fraction of sp³-hybridized carbons (Fsp3) is 0.333. The number of nitrogens with one attached hydrogen (secondary N) is 1. The van der Waals surface area contributed by atoms with E-state index < -0.39 is 0 Å². The van der Waals surface area contributed by atoms with Crippen LogP contribution in [0.4, 0.5) is 5.82 Å². The van der Waals surface area contributed by atoms with Crippen molar-refractivity contribution < 1.29 is 14.3 Å². The zero-order valence-corrected chi connectivity index (χ0v) is 23.5. The van der Waals surface area contributed by atoms with E-state index in [2.05, 4.69) is 34.0 Å². The largest absolute Gasteiger partial charge is 0.497 e. The number of piperazine rings is 1. The minimum Gasteiger partial charge on any atom is -0.497 e. The van der Waals surface area contributed by atoms with Gasteiger partial charge in [0.15, 0.2) is 0 Å². The number of benzene rings is 1. The Kier molecular flexibility index (Phi) is 8.52. The third-order valence-corrected chi connectivity index (χ3v) is 7.09. The molecule has 3 aromatic heterocycles. The smallest absolute Gasteiger partial charge is 0.255 e. The number of pyridine rings is 1. The van der Waals surface area contributed by atoms with Gasteiger partial charge in [-0.2, -0.15) is 4.98 Å². The second-order valence-electron chi connectivity index (χ2n) is 10.2. The average molecular weight is 555 g/mol. The number of aromatic nitrogens is 5. The van der Waals surface area contributed by atoms with Gasteiger partial charge in [-0.15, -0.1) is 0 Å². The lowest BCUT2D eigenvalue weighted by Crippen LogP contribution is -2.56. The van der Waals surface area contributed by atoms with Crippen LogP contribution in [0.2, 0.25) is 0 Å². The first-order valence-electron chi connectivity index (χ1n) is 13.6. The van der Waals surface area contributed by atoms with Crippen molar-refractivity contribution in [3.05, 3.63) is 90.4 Å². The van der Waals surface area contributed by atoms with Crippen molar-refractivity contribution >= 4 is 17.6 Å². The number of rotatable bonds is 9. The summed E-state index contributed by atoms with van der Waals surface area (Å²) in [5.74, 6) is 1.94. The summed E-state index contributed by atoms with van der Waals surface area (Å²) in [6.45, 7) is 5.92. The van der Waals surface area contributed by atoms with Crippen LogP contribution in [0, 0.1) is 0 Å². The summed E-state index contributed by atoms with van der Waals surface area (Å²) in [7, 11) is 1.62. The number of ether oxygens (including phenoxy) is 1. The van der Waals surface area contributed by atoms with Gasteiger partial charge in [0.05, 0.1) is 24.4 Å². The number of nitrogens with zero attached hydrogens (tertiary/aromatic N) is 7. The molecule has 1 aliphatic heterocycles. The Hall–Kier alpha value is -4.80. The normalized spacial score (nSPS) is 15.2. The molecule has 0 saturated carbocycles. The number of hydrogen-bond donors (Lipinski definition) is 1. The summed E-state index contributed by atoms with van der Waals surface area (Å²) in [5.41, 5.74) is 2.38. The molecule has 11 nitrogen and oxygen atoms in total. The molecule has 5 rings (SSSR count). The Morgan fingerprint density at radius 3 is 2.59 bits per heavy atom. The maximum Gasteiger partial charge on any atom is 0.255 e. The summed E-state index contributed by atoms with van der Waals surface area (Å²) in [4.78, 5) is 48.3. The van der Waals surface area contributed by atoms with Gasteiger partial charge < -0.3 is 19.9 Å². The molecule has 1 aromatic carbocycles. The molecule has 2 amide bonds. The first-order chi connectivity index (χ1) is 19.9. The first kappa shape index (κ1) is 27.8. The highest BCUT2D eigenvalue weighted by molar-refractivity contribution is 5.94. The number of carbonyl (C=O) groups excluding carboxylic acids is 2. The van der Waals surface area contributed by atoms with Crippen LogP contribution in [-0.2, 0) is 11.3 Å². The second kappa shape index (κ2) is 12.6. The van der Waals surface area contributed by atoms with Gasteiger partial charge in [0.2, 0.25) is 11.9 Å². The van der Waals surface area contributed by atoms with Crippen LogP contribution < -0.4 is 15.0 Å². The van der Waals surface area contributed by atoms with Crippen molar-refractivity contribution in [2.24, 2.45) is 0 Å². The molecule has 4 heterocycles. The zero-order valence-electron chi connectivity index (χ0n) is 23.5. The third kappa shape index (κ3) is 6.68. The predicted octanol–water partition coefficient (Wildman–Crippen LogP) is 3.23. The highest BCUT2D eigenvalue weighted by Crippen LogP contribution is 2.26. The number of methoxy groups -OCH3 is 1. The molecule has 0 bridgehead atoms. The molecular formula is C30H34N8O3. The van der Waals surface area contributed by atoms with Crippen LogP contribution in [0.3, 0.4) is 0 Å². The maximum absolute atomic E-state index is 13.3. The zero-order chi connectivity index (χ0) is 28.8. The minimum absolute atomic E-state index is 0.106. The highest BCUT2D eigenvalue weighted by atomic mass is 16.5. The van der Waals surface area contributed by atoms with E-state index in [1.807, 2.05) is 30.3 Å². The number of amides is 2. The van der Waals surface area contributed by atoms with Crippen LogP contribution in [0.1, 0.15) is 47.8 Å². The van der Waals surface area contributed by atoms with E-state index in [0.717, 1.165) is 17.0 Å². The Morgan fingerprint density at radius 1 is 1.07 bits per heavy atom.